The van der Waals surface area contributed by atoms with Crippen molar-refractivity contribution >= 4 is 6.09 Å². The van der Waals surface area contributed by atoms with E-state index in [-0.39, 0.29) is 6.54 Å². The number of benzene rings is 2. The van der Waals surface area contributed by atoms with Crippen molar-refractivity contribution in [2.75, 3.05) is 19.6 Å². The quantitative estimate of drug-likeness (QED) is 0.385. The van der Waals surface area contributed by atoms with Gasteiger partial charge in [0.15, 0.2) is 0 Å². The van der Waals surface area contributed by atoms with Crippen LogP contribution in [0.1, 0.15) is 24.0 Å². The molecule has 3 N–H and O–H groups in total. The van der Waals surface area contributed by atoms with Crippen molar-refractivity contribution in [2.24, 2.45) is 0 Å². The lowest BCUT2D eigenvalue weighted by atomic mass is 10.1. The molecule has 136 valence electrons. The van der Waals surface area contributed by atoms with Crippen LogP contribution in [-0.4, -0.2) is 41.1 Å². The summed E-state index contributed by atoms with van der Waals surface area (Å²) >= 11 is 0. The van der Waals surface area contributed by atoms with Crippen LogP contribution in [0, 0.1) is 6.92 Å². The Hall–Kier alpha value is -2.37. The molecule has 0 aliphatic heterocycles. The number of nitrogens with one attached hydrogen (secondary N) is 1. The predicted molar refractivity (Wildman–Crippen MR) is 99.9 cm³/mol. The van der Waals surface area contributed by atoms with Crippen molar-refractivity contribution in [3.8, 4) is 0 Å². The second-order valence-corrected chi connectivity index (χ2v) is 5.75. The maximum atomic E-state index is 10.3. The molecule has 0 aromatic heterocycles. The number of amides is 1. The Kier molecular flexibility index (Phi) is 10.7. The third kappa shape index (κ3) is 10.9. The molecule has 2 aromatic carbocycles. The first-order chi connectivity index (χ1) is 12.1. The average Bonchev–Trinajstić information content (AvgIpc) is 2.62. The fourth-order valence-corrected chi connectivity index (χ4v) is 2.17. The summed E-state index contributed by atoms with van der Waals surface area (Å²) in [5.41, 5.74) is 2.65. The number of hydroxylamine groups is 2. The second kappa shape index (κ2) is 13.0. The summed E-state index contributed by atoms with van der Waals surface area (Å²) in [4.78, 5) is 10.3. The van der Waals surface area contributed by atoms with Crippen molar-refractivity contribution in [3.63, 3.8) is 0 Å². The zero-order valence-corrected chi connectivity index (χ0v) is 14.8. The van der Waals surface area contributed by atoms with Gasteiger partial charge < -0.3 is 10.4 Å². The SMILES string of the molecule is Cc1ccccc1.O=C(O)N(O)CCCNCCCc1ccccc1. The van der Waals surface area contributed by atoms with E-state index in [1.165, 1.54) is 11.1 Å². The lowest BCUT2D eigenvalue weighted by Crippen LogP contribution is -2.29. The van der Waals surface area contributed by atoms with Crippen LogP contribution in [-0.2, 0) is 6.42 Å². The minimum Gasteiger partial charge on any atom is -0.463 e. The molecule has 0 heterocycles. The number of hydrogen-bond donors (Lipinski definition) is 3. The fourth-order valence-electron chi connectivity index (χ4n) is 2.17. The second-order valence-electron chi connectivity index (χ2n) is 5.75. The number of nitrogens with zero attached hydrogens (tertiary/aromatic N) is 1. The molecule has 2 aromatic rings. The molecule has 0 aliphatic rings. The van der Waals surface area contributed by atoms with Crippen LogP contribution in [0.2, 0.25) is 0 Å². The third-order valence-corrected chi connectivity index (χ3v) is 3.55. The van der Waals surface area contributed by atoms with Gasteiger partial charge in [0.2, 0.25) is 0 Å². The predicted octanol–water partition coefficient (Wildman–Crippen LogP) is 3.96. The summed E-state index contributed by atoms with van der Waals surface area (Å²) < 4.78 is 0. The Balaban J connectivity index is 0.000000370. The summed E-state index contributed by atoms with van der Waals surface area (Å²) in [5, 5.41) is 20.8. The number of rotatable bonds is 8. The topological polar surface area (TPSA) is 72.8 Å². The van der Waals surface area contributed by atoms with Gasteiger partial charge in [-0.25, -0.2) is 4.79 Å². The van der Waals surface area contributed by atoms with E-state index in [0.29, 0.717) is 18.0 Å². The van der Waals surface area contributed by atoms with E-state index in [9.17, 15) is 4.79 Å². The van der Waals surface area contributed by atoms with Crippen molar-refractivity contribution in [2.45, 2.75) is 26.2 Å². The Morgan fingerprint density at radius 1 is 0.960 bits per heavy atom. The van der Waals surface area contributed by atoms with Gasteiger partial charge in [0.25, 0.3) is 0 Å². The van der Waals surface area contributed by atoms with E-state index < -0.39 is 6.09 Å². The first-order valence-electron chi connectivity index (χ1n) is 8.55. The molecular weight excluding hydrogens is 316 g/mol. The lowest BCUT2D eigenvalue weighted by Gasteiger charge is -2.10. The highest BCUT2D eigenvalue weighted by molar-refractivity contribution is 5.63. The molecule has 0 bridgehead atoms. The van der Waals surface area contributed by atoms with Gasteiger partial charge in [0.05, 0.1) is 6.54 Å². The molecular formula is C20H28N2O3. The molecule has 0 atom stereocenters. The van der Waals surface area contributed by atoms with Crippen LogP contribution < -0.4 is 5.32 Å². The minimum atomic E-state index is -1.31. The van der Waals surface area contributed by atoms with E-state index >= 15 is 0 Å². The van der Waals surface area contributed by atoms with E-state index in [4.69, 9.17) is 10.3 Å². The molecule has 5 heteroatoms. The molecule has 0 radical (unpaired) electrons. The number of aryl methyl sites for hydroxylation is 2. The molecule has 0 aliphatic carbocycles. The van der Waals surface area contributed by atoms with Crippen molar-refractivity contribution in [1.82, 2.24) is 10.4 Å². The average molecular weight is 344 g/mol. The third-order valence-electron chi connectivity index (χ3n) is 3.55. The van der Waals surface area contributed by atoms with Crippen molar-refractivity contribution < 1.29 is 15.1 Å². The van der Waals surface area contributed by atoms with E-state index in [1.54, 1.807) is 0 Å². The van der Waals surface area contributed by atoms with Crippen LogP contribution >= 0.6 is 0 Å². The van der Waals surface area contributed by atoms with E-state index in [1.807, 2.05) is 36.4 Å². The fraction of sp³-hybridized carbons (Fsp3) is 0.350. The standard InChI is InChI=1S/C13H20N2O3.C7H8/c16-13(17)15(18)11-5-10-14-9-4-8-12-6-2-1-3-7-12;1-7-5-3-2-4-6-7/h1-3,6-7,14,18H,4-5,8-11H2,(H,16,17);2-6H,1H3. The van der Waals surface area contributed by atoms with Crippen molar-refractivity contribution in [3.05, 3.63) is 71.8 Å². The highest BCUT2D eigenvalue weighted by atomic mass is 16.6. The highest BCUT2D eigenvalue weighted by Gasteiger charge is 2.05. The zero-order valence-electron chi connectivity index (χ0n) is 14.8. The Labute approximate surface area is 149 Å². The van der Waals surface area contributed by atoms with E-state index in [0.717, 1.165) is 19.4 Å². The van der Waals surface area contributed by atoms with Crippen LogP contribution in [0.3, 0.4) is 0 Å². The van der Waals surface area contributed by atoms with E-state index in [2.05, 4.69) is 36.5 Å². The Bertz CT molecular complexity index is 576. The lowest BCUT2D eigenvalue weighted by molar-refractivity contribution is -0.0640. The first-order valence-corrected chi connectivity index (χ1v) is 8.55. The number of hydrogen-bond acceptors (Lipinski definition) is 3. The molecule has 1 amide bonds. The van der Waals surface area contributed by atoms with Gasteiger partial charge in [-0.1, -0.05) is 66.2 Å². The molecule has 0 unspecified atom stereocenters. The van der Waals surface area contributed by atoms with Crippen molar-refractivity contribution in [1.29, 1.82) is 0 Å². The highest BCUT2D eigenvalue weighted by Crippen LogP contribution is 2.01. The maximum Gasteiger partial charge on any atom is 0.431 e. The Morgan fingerprint density at radius 3 is 2.04 bits per heavy atom. The van der Waals surface area contributed by atoms with Crippen LogP contribution in [0.4, 0.5) is 4.79 Å². The van der Waals surface area contributed by atoms with Gasteiger partial charge >= 0.3 is 6.09 Å². The maximum absolute atomic E-state index is 10.3. The molecule has 0 saturated carbocycles. The zero-order chi connectivity index (χ0) is 18.3. The van der Waals surface area contributed by atoms with Gasteiger partial charge in [0, 0.05) is 0 Å². The number of carbonyl (C=O) groups is 1. The smallest absolute Gasteiger partial charge is 0.431 e. The van der Waals surface area contributed by atoms with Gasteiger partial charge in [-0.2, -0.15) is 5.06 Å². The molecule has 25 heavy (non-hydrogen) atoms. The minimum absolute atomic E-state index is 0.140. The normalized spacial score (nSPS) is 9.84. The van der Waals surface area contributed by atoms with Gasteiger partial charge in [0.1, 0.15) is 0 Å². The molecule has 2 rings (SSSR count). The summed E-state index contributed by atoms with van der Waals surface area (Å²) in [6.07, 6.45) is 1.38. The molecule has 0 saturated heterocycles. The molecule has 5 nitrogen and oxygen atoms in total. The Morgan fingerprint density at radius 2 is 1.52 bits per heavy atom. The number of carboxylic acid groups (broad SMARTS) is 1. The molecule has 0 fully saturated rings. The van der Waals surface area contributed by atoms with Crippen LogP contribution in [0.25, 0.3) is 0 Å². The summed E-state index contributed by atoms with van der Waals surface area (Å²) in [6.45, 7) is 3.83. The summed E-state index contributed by atoms with van der Waals surface area (Å²) in [5.74, 6) is 0. The summed E-state index contributed by atoms with van der Waals surface area (Å²) in [7, 11) is 0. The van der Waals surface area contributed by atoms with Gasteiger partial charge in [-0.05, 0) is 44.8 Å². The molecule has 0 spiro atoms. The van der Waals surface area contributed by atoms with Gasteiger partial charge in [-0.15, -0.1) is 0 Å². The first kappa shape index (κ1) is 20.7. The monoisotopic (exact) mass is 344 g/mol. The van der Waals surface area contributed by atoms with Crippen LogP contribution in [0.5, 0.6) is 0 Å². The van der Waals surface area contributed by atoms with Crippen LogP contribution in [0.15, 0.2) is 60.7 Å². The van der Waals surface area contributed by atoms with Gasteiger partial charge in [-0.3, -0.25) is 5.21 Å². The largest absolute Gasteiger partial charge is 0.463 e. The summed E-state index contributed by atoms with van der Waals surface area (Å²) in [6, 6.07) is 20.5.